The lowest BCUT2D eigenvalue weighted by Crippen LogP contribution is -2.15. The van der Waals surface area contributed by atoms with E-state index in [0.717, 1.165) is 0 Å². The predicted molar refractivity (Wildman–Crippen MR) is 61.1 cm³/mol. The van der Waals surface area contributed by atoms with Crippen LogP contribution in [-0.2, 0) is 16.1 Å². The first-order valence-corrected chi connectivity index (χ1v) is 5.44. The molecule has 1 rings (SSSR count). The number of hydrogen-bond acceptors (Lipinski definition) is 6. The molecule has 0 radical (unpaired) electrons. The second-order valence-electron chi connectivity index (χ2n) is 3.44. The summed E-state index contributed by atoms with van der Waals surface area (Å²) in [4.78, 5) is 15.3. The fourth-order valence-corrected chi connectivity index (χ4v) is 1.29. The minimum Gasteiger partial charge on any atom is -0.466 e. The van der Waals surface area contributed by atoms with Crippen molar-refractivity contribution in [2.75, 3.05) is 13.7 Å². The topological polar surface area (TPSA) is 77.3 Å². The Morgan fingerprint density at radius 3 is 2.88 bits per heavy atom. The third-order valence-corrected chi connectivity index (χ3v) is 2.17. The molecule has 1 aromatic rings. The lowest BCUT2D eigenvalue weighted by Gasteiger charge is -2.02. The first kappa shape index (κ1) is 13.4. The van der Waals surface area contributed by atoms with E-state index in [2.05, 4.69) is 20.2 Å². The molecular weight excluding hydrogens is 222 g/mol. The van der Waals surface area contributed by atoms with Crippen LogP contribution in [0.1, 0.15) is 25.1 Å². The normalized spacial score (nSPS) is 11.6. The maximum absolute atomic E-state index is 11.3. The van der Waals surface area contributed by atoms with Crippen LogP contribution in [-0.4, -0.2) is 29.8 Å². The van der Waals surface area contributed by atoms with Gasteiger partial charge in [-0.25, -0.2) is 4.79 Å². The average molecular weight is 239 g/mol. The lowest BCUT2D eigenvalue weighted by atomic mass is 10.2. The fraction of sp³-hybridized carbons (Fsp3) is 0.545. The van der Waals surface area contributed by atoms with Crippen molar-refractivity contribution in [3.63, 3.8) is 0 Å². The highest BCUT2D eigenvalue weighted by Gasteiger charge is 2.06. The monoisotopic (exact) mass is 239 g/mol. The summed E-state index contributed by atoms with van der Waals surface area (Å²) in [6.45, 7) is 4.71. The van der Waals surface area contributed by atoms with Crippen molar-refractivity contribution in [1.29, 1.82) is 0 Å². The molecule has 0 saturated heterocycles. The van der Waals surface area contributed by atoms with Crippen molar-refractivity contribution in [1.82, 2.24) is 15.5 Å². The van der Waals surface area contributed by atoms with E-state index in [0.29, 0.717) is 36.8 Å². The number of esters is 1. The molecule has 6 heteroatoms. The second kappa shape index (κ2) is 6.80. The van der Waals surface area contributed by atoms with Gasteiger partial charge in [0.15, 0.2) is 5.82 Å². The molecule has 0 saturated carbocycles. The van der Waals surface area contributed by atoms with Gasteiger partial charge >= 0.3 is 5.97 Å². The van der Waals surface area contributed by atoms with E-state index < -0.39 is 0 Å². The summed E-state index contributed by atoms with van der Waals surface area (Å²) < 4.78 is 9.58. The standard InChI is InChI=1S/C11H17N3O3/c1-4-9(11(15)16-3)5-6-12-7-10-13-8(2)14-17-10/h5,12H,4,6-7H2,1-3H3. The van der Waals surface area contributed by atoms with Gasteiger partial charge in [0.25, 0.3) is 0 Å². The molecule has 0 unspecified atom stereocenters. The minimum atomic E-state index is -0.289. The molecule has 0 aliphatic rings. The molecule has 0 bridgehead atoms. The summed E-state index contributed by atoms with van der Waals surface area (Å²) in [5.74, 6) is 0.858. The third kappa shape index (κ3) is 4.36. The summed E-state index contributed by atoms with van der Waals surface area (Å²) in [5.41, 5.74) is 0.654. The Kier molecular flexibility index (Phi) is 5.35. The number of rotatable bonds is 6. The summed E-state index contributed by atoms with van der Waals surface area (Å²) in [5, 5.41) is 6.75. The molecule has 0 aromatic carbocycles. The summed E-state index contributed by atoms with van der Waals surface area (Å²) >= 11 is 0. The molecule has 1 N–H and O–H groups in total. The van der Waals surface area contributed by atoms with Crippen LogP contribution >= 0.6 is 0 Å². The summed E-state index contributed by atoms with van der Waals surface area (Å²) in [7, 11) is 1.38. The number of aromatic nitrogens is 2. The summed E-state index contributed by atoms with van der Waals surface area (Å²) in [6.07, 6.45) is 2.45. The van der Waals surface area contributed by atoms with Crippen molar-refractivity contribution in [3.8, 4) is 0 Å². The molecule has 0 spiro atoms. The lowest BCUT2D eigenvalue weighted by molar-refractivity contribution is -0.136. The number of methoxy groups -OCH3 is 1. The van der Waals surface area contributed by atoms with Crippen LogP contribution in [0.15, 0.2) is 16.2 Å². The molecule has 94 valence electrons. The molecular formula is C11H17N3O3. The molecule has 0 aliphatic carbocycles. The van der Waals surface area contributed by atoms with Crippen molar-refractivity contribution in [2.24, 2.45) is 0 Å². The van der Waals surface area contributed by atoms with E-state index in [9.17, 15) is 4.79 Å². The molecule has 0 fully saturated rings. The molecule has 6 nitrogen and oxygen atoms in total. The molecule has 1 aromatic heterocycles. The van der Waals surface area contributed by atoms with Crippen LogP contribution < -0.4 is 5.32 Å². The first-order chi connectivity index (χ1) is 8.17. The Morgan fingerprint density at radius 2 is 2.35 bits per heavy atom. The number of hydrogen-bond donors (Lipinski definition) is 1. The van der Waals surface area contributed by atoms with Crippen LogP contribution in [0.5, 0.6) is 0 Å². The Labute approximate surface area is 100 Å². The van der Waals surface area contributed by atoms with Gasteiger partial charge in [0.2, 0.25) is 5.89 Å². The van der Waals surface area contributed by atoms with Crippen molar-refractivity contribution in [3.05, 3.63) is 23.4 Å². The SMILES string of the molecule is CCC(=CCNCc1nc(C)no1)C(=O)OC. The maximum atomic E-state index is 11.3. The fourth-order valence-electron chi connectivity index (χ4n) is 1.29. The van der Waals surface area contributed by atoms with Gasteiger partial charge in [0.05, 0.1) is 13.7 Å². The zero-order valence-electron chi connectivity index (χ0n) is 10.3. The third-order valence-electron chi connectivity index (χ3n) is 2.17. The number of carbonyl (C=O) groups is 1. The van der Waals surface area contributed by atoms with E-state index in [4.69, 9.17) is 4.52 Å². The van der Waals surface area contributed by atoms with Crippen molar-refractivity contribution >= 4 is 5.97 Å². The van der Waals surface area contributed by atoms with E-state index in [1.54, 1.807) is 13.0 Å². The van der Waals surface area contributed by atoms with Crippen LogP contribution in [0.2, 0.25) is 0 Å². The smallest absolute Gasteiger partial charge is 0.333 e. The van der Waals surface area contributed by atoms with Crippen LogP contribution in [0.3, 0.4) is 0 Å². The number of ether oxygens (including phenoxy) is 1. The highest BCUT2D eigenvalue weighted by molar-refractivity contribution is 5.88. The number of carbonyl (C=O) groups excluding carboxylic acids is 1. The predicted octanol–water partition coefficient (Wildman–Crippen LogP) is 0.977. The Hall–Kier alpha value is -1.69. The van der Waals surface area contributed by atoms with Gasteiger partial charge < -0.3 is 14.6 Å². The number of nitrogens with zero attached hydrogens (tertiary/aromatic N) is 2. The van der Waals surface area contributed by atoms with Gasteiger partial charge in [-0.3, -0.25) is 0 Å². The quantitative estimate of drug-likeness (QED) is 0.453. The first-order valence-electron chi connectivity index (χ1n) is 5.44. The highest BCUT2D eigenvalue weighted by Crippen LogP contribution is 2.02. The van der Waals surface area contributed by atoms with Gasteiger partial charge in [-0.05, 0) is 13.3 Å². The summed E-state index contributed by atoms with van der Waals surface area (Å²) in [6, 6.07) is 0. The Morgan fingerprint density at radius 1 is 1.59 bits per heavy atom. The molecule has 0 atom stereocenters. The molecule has 1 heterocycles. The van der Waals surface area contributed by atoms with Gasteiger partial charge in [-0.15, -0.1) is 0 Å². The Balaban J connectivity index is 2.35. The van der Waals surface area contributed by atoms with Gasteiger partial charge in [0, 0.05) is 12.1 Å². The van der Waals surface area contributed by atoms with Crippen molar-refractivity contribution < 1.29 is 14.1 Å². The van der Waals surface area contributed by atoms with Gasteiger partial charge in [-0.1, -0.05) is 18.2 Å². The largest absolute Gasteiger partial charge is 0.466 e. The van der Waals surface area contributed by atoms with Crippen LogP contribution in [0.4, 0.5) is 0 Å². The molecule has 0 aliphatic heterocycles. The van der Waals surface area contributed by atoms with Crippen LogP contribution in [0, 0.1) is 6.92 Å². The maximum Gasteiger partial charge on any atom is 0.333 e. The van der Waals surface area contributed by atoms with Gasteiger partial charge in [0.1, 0.15) is 0 Å². The molecule has 17 heavy (non-hydrogen) atoms. The Bertz CT molecular complexity index is 398. The van der Waals surface area contributed by atoms with E-state index in [1.165, 1.54) is 7.11 Å². The second-order valence-corrected chi connectivity index (χ2v) is 3.44. The minimum absolute atomic E-state index is 0.289. The van der Waals surface area contributed by atoms with E-state index >= 15 is 0 Å². The molecule has 0 amide bonds. The zero-order chi connectivity index (χ0) is 12.7. The number of nitrogens with one attached hydrogen (secondary N) is 1. The van der Waals surface area contributed by atoms with Crippen molar-refractivity contribution in [2.45, 2.75) is 26.8 Å². The van der Waals surface area contributed by atoms with Gasteiger partial charge in [-0.2, -0.15) is 4.98 Å². The zero-order valence-corrected chi connectivity index (χ0v) is 10.3. The van der Waals surface area contributed by atoms with Crippen LogP contribution in [0.25, 0.3) is 0 Å². The van der Waals surface area contributed by atoms with E-state index in [-0.39, 0.29) is 5.97 Å². The number of aryl methyl sites for hydroxylation is 1. The highest BCUT2D eigenvalue weighted by atomic mass is 16.5. The van der Waals surface area contributed by atoms with E-state index in [1.807, 2.05) is 6.92 Å². The average Bonchev–Trinajstić information content (AvgIpc) is 2.74.